The second-order valence-corrected chi connectivity index (χ2v) is 3.52. The largest absolute Gasteiger partial charge is 0.383 e. The second-order valence-electron chi connectivity index (χ2n) is 3.52. The average Bonchev–Trinajstić information content (AvgIpc) is 2.19. The third kappa shape index (κ3) is 2.54. The first-order valence-corrected chi connectivity index (χ1v) is 4.71. The number of hydrazine groups is 1. The highest BCUT2D eigenvalue weighted by Crippen LogP contribution is 2.16. The summed E-state index contributed by atoms with van der Waals surface area (Å²) in [7, 11) is 1.67. The van der Waals surface area contributed by atoms with Gasteiger partial charge in [0.05, 0.1) is 12.6 Å². The summed E-state index contributed by atoms with van der Waals surface area (Å²) in [4.78, 5) is 0. The van der Waals surface area contributed by atoms with Gasteiger partial charge in [-0.3, -0.25) is 11.3 Å². The lowest BCUT2D eigenvalue weighted by Crippen LogP contribution is -2.31. The molecule has 0 aliphatic rings. The molecular weight excluding hydrogens is 176 g/mol. The van der Waals surface area contributed by atoms with E-state index >= 15 is 0 Å². The number of nitrogens with one attached hydrogen (secondary N) is 1. The Kier molecular flexibility index (Phi) is 4.07. The van der Waals surface area contributed by atoms with Crippen molar-refractivity contribution in [2.45, 2.75) is 19.9 Å². The molecule has 3 N–H and O–H groups in total. The molecule has 0 spiro atoms. The lowest BCUT2D eigenvalue weighted by Gasteiger charge is -2.16. The normalized spacial score (nSPS) is 12.9. The SMILES string of the molecule is COCC(NN)c1ccc(C)c(C)c1. The van der Waals surface area contributed by atoms with Crippen molar-refractivity contribution >= 4 is 0 Å². The van der Waals surface area contributed by atoms with Crippen LogP contribution in [0.5, 0.6) is 0 Å². The van der Waals surface area contributed by atoms with E-state index in [1.807, 2.05) is 0 Å². The van der Waals surface area contributed by atoms with Gasteiger partial charge in [-0.05, 0) is 30.5 Å². The van der Waals surface area contributed by atoms with Crippen LogP contribution in [-0.4, -0.2) is 13.7 Å². The number of benzene rings is 1. The van der Waals surface area contributed by atoms with Crippen molar-refractivity contribution in [3.8, 4) is 0 Å². The molecule has 0 aromatic heterocycles. The molecule has 3 heteroatoms. The Balaban J connectivity index is 2.88. The number of hydrogen-bond acceptors (Lipinski definition) is 3. The van der Waals surface area contributed by atoms with Crippen LogP contribution in [0.2, 0.25) is 0 Å². The van der Waals surface area contributed by atoms with E-state index < -0.39 is 0 Å². The minimum atomic E-state index is 0.0688. The molecule has 1 aromatic rings. The van der Waals surface area contributed by atoms with Gasteiger partial charge in [0.1, 0.15) is 0 Å². The quantitative estimate of drug-likeness (QED) is 0.563. The number of methoxy groups -OCH3 is 1. The third-order valence-electron chi connectivity index (χ3n) is 2.47. The summed E-state index contributed by atoms with van der Waals surface area (Å²) < 4.78 is 5.08. The zero-order valence-corrected chi connectivity index (χ0v) is 9.00. The maximum absolute atomic E-state index is 5.45. The number of hydrogen-bond donors (Lipinski definition) is 2. The highest BCUT2D eigenvalue weighted by atomic mass is 16.5. The van der Waals surface area contributed by atoms with E-state index in [2.05, 4.69) is 37.5 Å². The zero-order chi connectivity index (χ0) is 10.6. The molecule has 0 fully saturated rings. The van der Waals surface area contributed by atoms with Gasteiger partial charge in [-0.15, -0.1) is 0 Å². The summed E-state index contributed by atoms with van der Waals surface area (Å²) in [5.41, 5.74) is 6.48. The van der Waals surface area contributed by atoms with Crippen LogP contribution in [0.3, 0.4) is 0 Å². The molecule has 14 heavy (non-hydrogen) atoms. The molecule has 0 bridgehead atoms. The maximum Gasteiger partial charge on any atom is 0.0693 e. The van der Waals surface area contributed by atoms with Gasteiger partial charge in [0.2, 0.25) is 0 Å². The molecule has 0 saturated carbocycles. The van der Waals surface area contributed by atoms with Crippen LogP contribution in [0.25, 0.3) is 0 Å². The van der Waals surface area contributed by atoms with Crippen molar-refractivity contribution in [3.05, 3.63) is 34.9 Å². The molecule has 0 heterocycles. The highest BCUT2D eigenvalue weighted by Gasteiger charge is 2.09. The van der Waals surface area contributed by atoms with Crippen LogP contribution in [-0.2, 0) is 4.74 Å². The fraction of sp³-hybridized carbons (Fsp3) is 0.455. The van der Waals surface area contributed by atoms with E-state index in [1.54, 1.807) is 7.11 Å². The van der Waals surface area contributed by atoms with Gasteiger partial charge in [0.25, 0.3) is 0 Å². The Morgan fingerprint density at radius 1 is 1.36 bits per heavy atom. The monoisotopic (exact) mass is 194 g/mol. The van der Waals surface area contributed by atoms with Crippen LogP contribution in [0, 0.1) is 13.8 Å². The van der Waals surface area contributed by atoms with Crippen molar-refractivity contribution < 1.29 is 4.74 Å². The molecule has 1 aromatic carbocycles. The summed E-state index contributed by atoms with van der Waals surface area (Å²) in [6, 6.07) is 6.38. The molecular formula is C11H18N2O. The molecule has 0 aliphatic carbocycles. The van der Waals surface area contributed by atoms with Crippen LogP contribution in [0.1, 0.15) is 22.7 Å². The fourth-order valence-electron chi connectivity index (χ4n) is 1.39. The van der Waals surface area contributed by atoms with Gasteiger partial charge in [0.15, 0.2) is 0 Å². The molecule has 3 nitrogen and oxygen atoms in total. The molecule has 78 valence electrons. The summed E-state index contributed by atoms with van der Waals surface area (Å²) >= 11 is 0. The van der Waals surface area contributed by atoms with Crippen LogP contribution in [0.15, 0.2) is 18.2 Å². The van der Waals surface area contributed by atoms with Gasteiger partial charge in [-0.2, -0.15) is 0 Å². The first-order chi connectivity index (χ1) is 6.69. The summed E-state index contributed by atoms with van der Waals surface area (Å²) in [6.07, 6.45) is 0. The summed E-state index contributed by atoms with van der Waals surface area (Å²) in [6.45, 7) is 4.78. The first kappa shape index (κ1) is 11.2. The molecule has 0 radical (unpaired) electrons. The lowest BCUT2D eigenvalue weighted by molar-refractivity contribution is 0.167. The van der Waals surface area contributed by atoms with Crippen molar-refractivity contribution in [1.82, 2.24) is 5.43 Å². The molecule has 1 rings (SSSR count). The second kappa shape index (κ2) is 5.10. The molecule has 1 atom stereocenters. The maximum atomic E-state index is 5.45. The van der Waals surface area contributed by atoms with Crippen molar-refractivity contribution in [3.63, 3.8) is 0 Å². The minimum absolute atomic E-state index is 0.0688. The Morgan fingerprint density at radius 3 is 2.57 bits per heavy atom. The Labute approximate surface area is 85.2 Å². The summed E-state index contributed by atoms with van der Waals surface area (Å²) in [5, 5.41) is 0. The number of aryl methyl sites for hydroxylation is 2. The number of rotatable bonds is 4. The standard InChI is InChI=1S/C11H18N2O/c1-8-4-5-10(6-9(8)2)11(13-12)7-14-3/h4-6,11,13H,7,12H2,1-3H3. The topological polar surface area (TPSA) is 47.3 Å². The van der Waals surface area contributed by atoms with E-state index in [1.165, 1.54) is 11.1 Å². The number of ether oxygens (including phenoxy) is 1. The van der Waals surface area contributed by atoms with Gasteiger partial charge >= 0.3 is 0 Å². The van der Waals surface area contributed by atoms with E-state index in [9.17, 15) is 0 Å². The van der Waals surface area contributed by atoms with Gasteiger partial charge in [0, 0.05) is 7.11 Å². The van der Waals surface area contributed by atoms with Crippen LogP contribution in [0.4, 0.5) is 0 Å². The van der Waals surface area contributed by atoms with E-state index in [0.717, 1.165) is 5.56 Å². The van der Waals surface area contributed by atoms with Crippen molar-refractivity contribution in [2.75, 3.05) is 13.7 Å². The number of nitrogens with two attached hydrogens (primary N) is 1. The van der Waals surface area contributed by atoms with E-state index in [0.29, 0.717) is 6.61 Å². The van der Waals surface area contributed by atoms with Crippen molar-refractivity contribution in [1.29, 1.82) is 0 Å². The zero-order valence-electron chi connectivity index (χ0n) is 9.00. The van der Waals surface area contributed by atoms with Gasteiger partial charge < -0.3 is 4.74 Å². The Hall–Kier alpha value is -0.900. The van der Waals surface area contributed by atoms with Crippen LogP contribution >= 0.6 is 0 Å². The Morgan fingerprint density at radius 2 is 2.07 bits per heavy atom. The van der Waals surface area contributed by atoms with E-state index in [4.69, 9.17) is 10.6 Å². The fourth-order valence-corrected chi connectivity index (χ4v) is 1.39. The smallest absolute Gasteiger partial charge is 0.0693 e. The predicted octanol–water partition coefficient (Wildman–Crippen LogP) is 1.45. The average molecular weight is 194 g/mol. The first-order valence-electron chi connectivity index (χ1n) is 4.71. The highest BCUT2D eigenvalue weighted by molar-refractivity contribution is 5.31. The van der Waals surface area contributed by atoms with Crippen molar-refractivity contribution in [2.24, 2.45) is 5.84 Å². The predicted molar refractivity (Wildman–Crippen MR) is 57.9 cm³/mol. The van der Waals surface area contributed by atoms with Gasteiger partial charge in [-0.1, -0.05) is 18.2 Å². The molecule has 0 saturated heterocycles. The molecule has 0 aliphatic heterocycles. The molecule has 0 amide bonds. The minimum Gasteiger partial charge on any atom is -0.383 e. The molecule has 1 unspecified atom stereocenters. The third-order valence-corrected chi connectivity index (χ3v) is 2.47. The summed E-state index contributed by atoms with van der Waals surface area (Å²) in [5.74, 6) is 5.45. The van der Waals surface area contributed by atoms with Gasteiger partial charge in [-0.25, -0.2) is 0 Å². The Bertz CT molecular complexity index is 299. The van der Waals surface area contributed by atoms with E-state index in [-0.39, 0.29) is 6.04 Å². The lowest BCUT2D eigenvalue weighted by atomic mass is 10.0. The van der Waals surface area contributed by atoms with Crippen LogP contribution < -0.4 is 11.3 Å².